The van der Waals surface area contributed by atoms with Crippen LogP contribution in [0.3, 0.4) is 0 Å². The average molecular weight is 352 g/mol. The van der Waals surface area contributed by atoms with E-state index in [4.69, 9.17) is 0 Å². The summed E-state index contributed by atoms with van der Waals surface area (Å²) in [7, 11) is 6.45. The zero-order valence-electron chi connectivity index (χ0n) is 18.5. The summed E-state index contributed by atoms with van der Waals surface area (Å²) >= 11 is 0. The van der Waals surface area contributed by atoms with E-state index in [1.165, 1.54) is 19.3 Å². The molecule has 0 aromatic carbocycles. The molecular weight excluding hydrogens is 306 g/mol. The third kappa shape index (κ3) is 7.05. The van der Waals surface area contributed by atoms with E-state index in [9.17, 15) is 0 Å². The van der Waals surface area contributed by atoms with Crippen molar-refractivity contribution >= 4 is 0 Å². The standard InChI is InChI=1S/C22H45N3/c1-12-17(6)22(20(13-2)14-3)25(11)18(7)15-23-19(8)21(16(4)5)24(9)10/h16-17,20-23H,7-8,12-15H2,1-6,9-11H3. The lowest BCUT2D eigenvalue weighted by atomic mass is 9.83. The van der Waals surface area contributed by atoms with Gasteiger partial charge in [0.2, 0.25) is 0 Å². The Balaban J connectivity index is 4.98. The highest BCUT2D eigenvalue weighted by atomic mass is 15.2. The van der Waals surface area contributed by atoms with Crippen molar-refractivity contribution in [1.82, 2.24) is 15.1 Å². The van der Waals surface area contributed by atoms with E-state index < -0.39 is 0 Å². The van der Waals surface area contributed by atoms with Crippen molar-refractivity contribution in [1.29, 1.82) is 0 Å². The van der Waals surface area contributed by atoms with Crippen molar-refractivity contribution in [2.24, 2.45) is 17.8 Å². The Hall–Kier alpha value is -0.960. The molecule has 0 saturated carbocycles. The second-order valence-corrected chi connectivity index (χ2v) is 8.16. The summed E-state index contributed by atoms with van der Waals surface area (Å²) in [5.74, 6) is 1.91. The van der Waals surface area contributed by atoms with Crippen LogP contribution in [0.1, 0.15) is 60.8 Å². The van der Waals surface area contributed by atoms with Gasteiger partial charge in [-0.15, -0.1) is 0 Å². The van der Waals surface area contributed by atoms with Gasteiger partial charge in [-0.05, 0) is 31.8 Å². The van der Waals surface area contributed by atoms with E-state index in [-0.39, 0.29) is 0 Å². The lowest BCUT2D eigenvalue weighted by Gasteiger charge is -2.41. The molecule has 0 aliphatic rings. The van der Waals surface area contributed by atoms with Crippen LogP contribution in [0.5, 0.6) is 0 Å². The summed E-state index contributed by atoms with van der Waals surface area (Å²) in [6.07, 6.45) is 3.65. The smallest absolute Gasteiger partial charge is 0.0541 e. The molecule has 25 heavy (non-hydrogen) atoms. The van der Waals surface area contributed by atoms with Crippen LogP contribution in [0.15, 0.2) is 24.6 Å². The third-order valence-corrected chi connectivity index (χ3v) is 5.77. The molecule has 3 heteroatoms. The highest BCUT2D eigenvalue weighted by molar-refractivity contribution is 5.09. The Morgan fingerprint density at radius 1 is 0.920 bits per heavy atom. The lowest BCUT2D eigenvalue weighted by Crippen LogP contribution is -2.45. The van der Waals surface area contributed by atoms with E-state index in [2.05, 4.69) is 91.0 Å². The van der Waals surface area contributed by atoms with E-state index in [1.54, 1.807) is 0 Å². The van der Waals surface area contributed by atoms with Gasteiger partial charge in [-0.1, -0.05) is 74.0 Å². The molecule has 0 aromatic heterocycles. The monoisotopic (exact) mass is 351 g/mol. The van der Waals surface area contributed by atoms with E-state index in [0.717, 1.165) is 17.9 Å². The van der Waals surface area contributed by atoms with Crippen molar-refractivity contribution in [3.05, 3.63) is 24.6 Å². The van der Waals surface area contributed by atoms with Crippen molar-refractivity contribution in [3.8, 4) is 0 Å². The molecule has 0 heterocycles. The minimum atomic E-state index is 0.336. The topological polar surface area (TPSA) is 18.5 Å². The highest BCUT2D eigenvalue weighted by Crippen LogP contribution is 2.28. The summed E-state index contributed by atoms with van der Waals surface area (Å²) in [4.78, 5) is 4.66. The highest BCUT2D eigenvalue weighted by Gasteiger charge is 2.28. The lowest BCUT2D eigenvalue weighted by molar-refractivity contribution is 0.143. The summed E-state index contributed by atoms with van der Waals surface area (Å²) in [6.45, 7) is 23.2. The Labute approximate surface area is 158 Å². The fourth-order valence-electron chi connectivity index (χ4n) is 4.14. The Morgan fingerprint density at radius 3 is 1.80 bits per heavy atom. The van der Waals surface area contributed by atoms with Crippen LogP contribution in [-0.2, 0) is 0 Å². The van der Waals surface area contributed by atoms with E-state index in [0.29, 0.717) is 29.8 Å². The zero-order chi connectivity index (χ0) is 19.7. The molecule has 0 saturated heterocycles. The van der Waals surface area contributed by atoms with Gasteiger partial charge in [0, 0.05) is 24.5 Å². The molecule has 1 N–H and O–H groups in total. The van der Waals surface area contributed by atoms with Crippen LogP contribution in [0.25, 0.3) is 0 Å². The molecule has 3 unspecified atom stereocenters. The maximum absolute atomic E-state index is 4.37. The van der Waals surface area contributed by atoms with E-state index in [1.807, 2.05) is 0 Å². The van der Waals surface area contributed by atoms with Crippen LogP contribution < -0.4 is 5.32 Å². The molecule has 0 bridgehead atoms. The number of rotatable bonds is 13. The molecule has 0 aromatic rings. The van der Waals surface area contributed by atoms with Crippen LogP contribution >= 0.6 is 0 Å². The summed E-state index contributed by atoms with van der Waals surface area (Å²) in [5, 5.41) is 3.54. The molecular formula is C22H45N3. The van der Waals surface area contributed by atoms with Gasteiger partial charge < -0.3 is 15.1 Å². The Morgan fingerprint density at radius 2 is 1.44 bits per heavy atom. The number of nitrogens with one attached hydrogen (secondary N) is 1. The fourth-order valence-corrected chi connectivity index (χ4v) is 4.14. The van der Waals surface area contributed by atoms with Gasteiger partial charge in [-0.25, -0.2) is 0 Å². The van der Waals surface area contributed by atoms with Gasteiger partial charge in [0.1, 0.15) is 0 Å². The summed E-state index contributed by atoms with van der Waals surface area (Å²) in [6, 6.07) is 0.889. The maximum atomic E-state index is 4.37. The number of nitrogens with zero attached hydrogens (tertiary/aromatic N) is 2. The van der Waals surface area contributed by atoms with Crippen molar-refractivity contribution in [3.63, 3.8) is 0 Å². The minimum absolute atomic E-state index is 0.336. The van der Waals surface area contributed by atoms with E-state index >= 15 is 0 Å². The molecule has 148 valence electrons. The van der Waals surface area contributed by atoms with Gasteiger partial charge in [0.15, 0.2) is 0 Å². The van der Waals surface area contributed by atoms with Crippen molar-refractivity contribution in [2.75, 3.05) is 27.7 Å². The van der Waals surface area contributed by atoms with Gasteiger partial charge >= 0.3 is 0 Å². The molecule has 0 amide bonds. The quantitative estimate of drug-likeness (QED) is 0.505. The van der Waals surface area contributed by atoms with Gasteiger partial charge in [0.25, 0.3) is 0 Å². The second kappa shape index (κ2) is 11.6. The molecule has 3 nitrogen and oxygen atoms in total. The number of hydrogen-bond acceptors (Lipinski definition) is 3. The van der Waals surface area contributed by atoms with Crippen LogP contribution in [0.2, 0.25) is 0 Å². The first-order valence-corrected chi connectivity index (χ1v) is 10.1. The predicted octanol–water partition coefficient (Wildman–Crippen LogP) is 4.97. The first kappa shape index (κ1) is 24.0. The Kier molecular flexibility index (Phi) is 11.2. The predicted molar refractivity (Wildman–Crippen MR) is 114 cm³/mol. The van der Waals surface area contributed by atoms with Crippen molar-refractivity contribution < 1.29 is 0 Å². The van der Waals surface area contributed by atoms with Gasteiger partial charge in [-0.2, -0.15) is 0 Å². The van der Waals surface area contributed by atoms with Crippen LogP contribution in [0, 0.1) is 17.8 Å². The summed E-state index contributed by atoms with van der Waals surface area (Å²) < 4.78 is 0. The molecule has 0 rings (SSSR count). The average Bonchev–Trinajstić information content (AvgIpc) is 2.55. The molecule has 0 aliphatic carbocycles. The maximum Gasteiger partial charge on any atom is 0.0541 e. The molecule has 3 atom stereocenters. The molecule has 0 fully saturated rings. The van der Waals surface area contributed by atoms with Gasteiger partial charge in [0.05, 0.1) is 12.6 Å². The van der Waals surface area contributed by atoms with Gasteiger partial charge in [-0.3, -0.25) is 0 Å². The Bertz CT molecular complexity index is 388. The molecule has 0 radical (unpaired) electrons. The largest absolute Gasteiger partial charge is 0.382 e. The third-order valence-electron chi connectivity index (χ3n) is 5.77. The van der Waals surface area contributed by atoms with Crippen molar-refractivity contribution in [2.45, 2.75) is 72.9 Å². The first-order valence-electron chi connectivity index (χ1n) is 10.1. The normalized spacial score (nSPS) is 15.4. The molecule has 0 spiro atoms. The fraction of sp³-hybridized carbons (Fsp3) is 0.818. The SMILES string of the molecule is C=C(NCC(=C)N(C)C(C(C)CC)C(CC)CC)C(C(C)C)N(C)C. The van der Waals surface area contributed by atoms with Crippen LogP contribution in [-0.4, -0.2) is 49.6 Å². The number of likely N-dealkylation sites (N-methyl/N-ethyl adjacent to an activating group) is 2. The second-order valence-electron chi connectivity index (χ2n) is 8.16. The minimum Gasteiger partial charge on any atom is -0.382 e. The molecule has 0 aliphatic heterocycles. The first-order chi connectivity index (χ1) is 11.6. The number of hydrogen-bond donors (Lipinski definition) is 1. The summed E-state index contributed by atoms with van der Waals surface area (Å²) in [5.41, 5.74) is 2.23. The van der Waals surface area contributed by atoms with Crippen LogP contribution in [0.4, 0.5) is 0 Å². The zero-order valence-corrected chi connectivity index (χ0v) is 18.5.